The van der Waals surface area contributed by atoms with E-state index >= 15 is 0 Å². The van der Waals surface area contributed by atoms with Gasteiger partial charge in [-0.25, -0.2) is 9.13 Å². The molecule has 0 aliphatic rings. The molecule has 0 aliphatic carbocycles. The third kappa shape index (κ3) is 77.0. The van der Waals surface area contributed by atoms with Gasteiger partial charge in [-0.05, 0) is 77.0 Å². The maximum atomic E-state index is 13.1. The van der Waals surface area contributed by atoms with Crippen molar-refractivity contribution >= 4 is 39.5 Å². The number of allylic oxidation sites excluding steroid dienone is 8. The number of aliphatic hydroxyl groups is 1. The lowest BCUT2D eigenvalue weighted by atomic mass is 10.0. The minimum Gasteiger partial charge on any atom is -0.462 e. The molecular weight excluding hydrogens is 1340 g/mol. The van der Waals surface area contributed by atoms with Crippen LogP contribution in [0.3, 0.4) is 0 Å². The van der Waals surface area contributed by atoms with Gasteiger partial charge in [-0.15, -0.1) is 0 Å². The highest BCUT2D eigenvalue weighted by Gasteiger charge is 2.30. The highest BCUT2D eigenvalue weighted by molar-refractivity contribution is 7.47. The van der Waals surface area contributed by atoms with Gasteiger partial charge in [0.25, 0.3) is 0 Å². The number of esters is 4. The molecule has 0 fully saturated rings. The van der Waals surface area contributed by atoms with Crippen LogP contribution in [-0.4, -0.2) is 96.7 Å². The summed E-state index contributed by atoms with van der Waals surface area (Å²) in [7, 11) is -9.95. The molecule has 0 amide bonds. The molecule has 17 nitrogen and oxygen atoms in total. The fourth-order valence-corrected chi connectivity index (χ4v) is 13.7. The molecule has 0 radical (unpaired) electrons. The number of carbonyl (C=O) groups excluding carboxylic acids is 4. The number of phosphoric ester groups is 2. The summed E-state index contributed by atoms with van der Waals surface area (Å²) in [5, 5.41) is 10.7. The van der Waals surface area contributed by atoms with Crippen molar-refractivity contribution < 1.29 is 80.2 Å². The Kier molecular flexibility index (Phi) is 75.0. The van der Waals surface area contributed by atoms with Crippen LogP contribution in [0.4, 0.5) is 0 Å². The summed E-state index contributed by atoms with van der Waals surface area (Å²) in [6, 6.07) is 0. The van der Waals surface area contributed by atoms with Gasteiger partial charge in [-0.1, -0.05) is 352 Å². The van der Waals surface area contributed by atoms with E-state index in [0.29, 0.717) is 25.7 Å². The summed E-state index contributed by atoms with van der Waals surface area (Å²) < 4.78 is 68.7. The van der Waals surface area contributed by atoms with Crippen molar-refractivity contribution in [2.24, 2.45) is 0 Å². The van der Waals surface area contributed by atoms with E-state index in [-0.39, 0.29) is 25.7 Å². The Hall–Kier alpha value is -2.98. The number of aliphatic hydroxyl groups excluding tert-OH is 1. The molecule has 0 aromatic rings. The quantitative estimate of drug-likeness (QED) is 0.0169. The molecule has 0 saturated carbocycles. The van der Waals surface area contributed by atoms with Gasteiger partial charge in [0.1, 0.15) is 19.3 Å². The molecule has 0 aromatic carbocycles. The summed E-state index contributed by atoms with van der Waals surface area (Å²) in [5.41, 5.74) is 0. The molecule has 2 unspecified atom stereocenters. The number of phosphoric acid groups is 2. The molecule has 19 heteroatoms. The van der Waals surface area contributed by atoms with E-state index in [1.54, 1.807) is 0 Å². The molecule has 0 saturated heterocycles. The number of rotatable bonds is 81. The SMILES string of the molecule is CCCCCC/C=C\C=C/CCCCCCCC(=O)OC[C@H](COP(=O)(O)OC[C@@H](O)COP(=O)(O)OC[C@@H](COC(=O)CCCCCCCCCCCCCC)OC(=O)CCCCCCC/C=C\C=C/CCCCCC)OC(=O)CCCCCCCCCCCCCCCCCCCCCCC. The van der Waals surface area contributed by atoms with Gasteiger partial charge in [0, 0.05) is 25.7 Å². The van der Waals surface area contributed by atoms with E-state index < -0.39 is 97.5 Å². The lowest BCUT2D eigenvalue weighted by Crippen LogP contribution is -2.30. The zero-order valence-electron chi connectivity index (χ0n) is 66.3. The molecule has 3 N–H and O–H groups in total. The Morgan fingerprint density at radius 2 is 0.466 bits per heavy atom. The molecule has 103 heavy (non-hydrogen) atoms. The first-order chi connectivity index (χ1) is 50.2. The van der Waals surface area contributed by atoms with Gasteiger partial charge in [0.15, 0.2) is 12.2 Å². The summed E-state index contributed by atoms with van der Waals surface area (Å²) in [5.74, 6) is -2.16. The fraction of sp³-hybridized carbons (Fsp3) is 0.857. The molecule has 5 atom stereocenters. The largest absolute Gasteiger partial charge is 0.472 e. The second-order valence-electron chi connectivity index (χ2n) is 28.8. The highest BCUT2D eigenvalue weighted by Crippen LogP contribution is 2.45. The fourth-order valence-electron chi connectivity index (χ4n) is 12.1. The second kappa shape index (κ2) is 77.2. The minimum atomic E-state index is -4.97. The average molecular weight is 1500 g/mol. The highest BCUT2D eigenvalue weighted by atomic mass is 31.2. The molecule has 604 valence electrons. The Labute approximate surface area is 629 Å². The minimum absolute atomic E-state index is 0.0836. The van der Waals surface area contributed by atoms with Crippen LogP contribution in [0.25, 0.3) is 0 Å². The molecule has 0 heterocycles. The summed E-state index contributed by atoms with van der Waals surface area (Å²) in [6.45, 7) is 4.91. The summed E-state index contributed by atoms with van der Waals surface area (Å²) in [4.78, 5) is 73.1. The Morgan fingerprint density at radius 1 is 0.272 bits per heavy atom. The predicted octanol–water partition coefficient (Wildman–Crippen LogP) is 24.8. The lowest BCUT2D eigenvalue weighted by molar-refractivity contribution is -0.161. The molecule has 0 bridgehead atoms. The topological polar surface area (TPSA) is 237 Å². The van der Waals surface area contributed by atoms with Crippen molar-refractivity contribution in [2.75, 3.05) is 39.6 Å². The average Bonchev–Trinajstić information content (AvgIpc) is 0.913. The molecule has 0 spiro atoms. The van der Waals surface area contributed by atoms with E-state index in [1.165, 1.54) is 205 Å². The zero-order valence-corrected chi connectivity index (χ0v) is 68.1. The summed E-state index contributed by atoms with van der Waals surface area (Å²) in [6.07, 6.45) is 76.5. The second-order valence-corrected chi connectivity index (χ2v) is 31.8. The van der Waals surface area contributed by atoms with Crippen LogP contribution in [0.15, 0.2) is 48.6 Å². The maximum absolute atomic E-state index is 13.1. The first-order valence-electron chi connectivity index (χ1n) is 42.4. The predicted molar refractivity (Wildman–Crippen MR) is 423 cm³/mol. The smallest absolute Gasteiger partial charge is 0.462 e. The third-order valence-electron chi connectivity index (χ3n) is 18.6. The van der Waals surface area contributed by atoms with Crippen LogP contribution in [-0.2, 0) is 65.4 Å². The standard InChI is InChI=1S/C84H156O17P2/c1-5-9-13-17-21-25-29-33-36-37-38-39-40-41-44-47-51-55-59-63-67-71-84(89)101-80(75-95-82(87)69-65-61-57-53-49-45-42-34-30-26-22-18-14-10-6-2)77-99-103(92,93)97-73-78(85)72-96-102(90,91)98-76-79(74-94-81(86)68-64-60-56-52-48-32-28-24-20-16-12-8-4)100-83(88)70-66-62-58-54-50-46-43-35-31-27-23-19-15-11-7-3/h26-27,30-31,34-35,42-43,78-80,85H,5-25,28-29,32-33,36-41,44-77H2,1-4H3,(H,90,91)(H,92,93)/b30-26-,31-27-,42-34-,43-35-/t78-,79+,80+/m0/s1. The van der Waals surface area contributed by atoms with Crippen molar-refractivity contribution in [3.05, 3.63) is 48.6 Å². The van der Waals surface area contributed by atoms with Crippen molar-refractivity contribution in [3.63, 3.8) is 0 Å². The normalized spacial score (nSPS) is 14.0. The van der Waals surface area contributed by atoms with Gasteiger partial charge in [0.05, 0.1) is 26.4 Å². The number of hydrogen-bond acceptors (Lipinski definition) is 15. The van der Waals surface area contributed by atoms with Crippen LogP contribution in [0.2, 0.25) is 0 Å². The van der Waals surface area contributed by atoms with E-state index in [1.807, 2.05) is 0 Å². The summed E-state index contributed by atoms with van der Waals surface area (Å²) >= 11 is 0. The van der Waals surface area contributed by atoms with Gasteiger partial charge in [-0.3, -0.25) is 37.3 Å². The van der Waals surface area contributed by atoms with Gasteiger partial charge in [-0.2, -0.15) is 0 Å². The monoisotopic (exact) mass is 1500 g/mol. The first-order valence-corrected chi connectivity index (χ1v) is 45.4. The van der Waals surface area contributed by atoms with Crippen LogP contribution in [0.1, 0.15) is 407 Å². The van der Waals surface area contributed by atoms with Crippen molar-refractivity contribution in [1.29, 1.82) is 0 Å². The molecule has 0 rings (SSSR count). The van der Waals surface area contributed by atoms with Crippen LogP contribution >= 0.6 is 15.6 Å². The van der Waals surface area contributed by atoms with Crippen LogP contribution in [0, 0.1) is 0 Å². The lowest BCUT2D eigenvalue weighted by Gasteiger charge is -2.21. The van der Waals surface area contributed by atoms with Gasteiger partial charge >= 0.3 is 39.5 Å². The van der Waals surface area contributed by atoms with Crippen molar-refractivity contribution in [2.45, 2.75) is 425 Å². The molecule has 0 aromatic heterocycles. The Balaban J connectivity index is 5.30. The van der Waals surface area contributed by atoms with Crippen molar-refractivity contribution in [3.8, 4) is 0 Å². The Bertz CT molecular complexity index is 2140. The van der Waals surface area contributed by atoms with E-state index in [0.717, 1.165) is 122 Å². The van der Waals surface area contributed by atoms with Crippen molar-refractivity contribution in [1.82, 2.24) is 0 Å². The van der Waals surface area contributed by atoms with E-state index in [4.69, 9.17) is 37.0 Å². The zero-order chi connectivity index (χ0) is 75.3. The van der Waals surface area contributed by atoms with E-state index in [9.17, 15) is 43.2 Å². The number of ether oxygens (including phenoxy) is 4. The van der Waals surface area contributed by atoms with Crippen LogP contribution < -0.4 is 0 Å². The third-order valence-corrected chi connectivity index (χ3v) is 20.5. The molecular formula is C84H156O17P2. The molecule has 0 aliphatic heterocycles. The van der Waals surface area contributed by atoms with Crippen LogP contribution in [0.5, 0.6) is 0 Å². The van der Waals surface area contributed by atoms with E-state index in [2.05, 4.69) is 76.3 Å². The number of hydrogen-bond donors (Lipinski definition) is 3. The number of carbonyl (C=O) groups is 4. The maximum Gasteiger partial charge on any atom is 0.472 e. The first kappa shape index (κ1) is 100. The Morgan fingerprint density at radius 3 is 0.709 bits per heavy atom. The van der Waals surface area contributed by atoms with Gasteiger partial charge < -0.3 is 33.8 Å². The van der Waals surface area contributed by atoms with Gasteiger partial charge in [0.2, 0.25) is 0 Å². The number of unbranched alkanes of at least 4 members (excludes halogenated alkanes) is 49.